The van der Waals surface area contributed by atoms with Crippen LogP contribution in [0.2, 0.25) is 0 Å². The Balaban J connectivity index is 1.59. The van der Waals surface area contributed by atoms with Gasteiger partial charge in [-0.05, 0) is 37.3 Å². The predicted molar refractivity (Wildman–Crippen MR) is 99.2 cm³/mol. The summed E-state index contributed by atoms with van der Waals surface area (Å²) in [6.45, 7) is 10.7. The van der Waals surface area contributed by atoms with Gasteiger partial charge in [-0.2, -0.15) is 10.2 Å². The summed E-state index contributed by atoms with van der Waals surface area (Å²) in [5.41, 5.74) is 4.81. The lowest BCUT2D eigenvalue weighted by Crippen LogP contribution is -2.33. The summed E-state index contributed by atoms with van der Waals surface area (Å²) >= 11 is 0. The highest BCUT2D eigenvalue weighted by Crippen LogP contribution is 2.33. The number of rotatable bonds is 2. The van der Waals surface area contributed by atoms with E-state index in [1.807, 2.05) is 23.1 Å². The lowest BCUT2D eigenvalue weighted by molar-refractivity contribution is 0.501. The van der Waals surface area contributed by atoms with E-state index in [1.54, 1.807) is 0 Å². The molecule has 3 aromatic heterocycles. The highest BCUT2D eigenvalue weighted by atomic mass is 15.3. The van der Waals surface area contributed by atoms with Gasteiger partial charge in [-0.15, -0.1) is 0 Å². The van der Waals surface area contributed by atoms with Gasteiger partial charge in [-0.1, -0.05) is 20.8 Å². The number of aryl methyl sites for hydroxylation is 1. The molecule has 6 nitrogen and oxygen atoms in total. The van der Waals surface area contributed by atoms with Gasteiger partial charge in [-0.25, -0.2) is 9.50 Å². The van der Waals surface area contributed by atoms with E-state index in [0.29, 0.717) is 5.92 Å². The van der Waals surface area contributed by atoms with Crippen molar-refractivity contribution in [2.75, 3.05) is 18.0 Å². The monoisotopic (exact) mass is 338 g/mol. The van der Waals surface area contributed by atoms with Crippen LogP contribution in [0.5, 0.6) is 0 Å². The van der Waals surface area contributed by atoms with Crippen molar-refractivity contribution in [1.82, 2.24) is 24.8 Å². The first-order valence-corrected chi connectivity index (χ1v) is 9.03. The minimum atomic E-state index is 0.0368. The second-order valence-corrected chi connectivity index (χ2v) is 8.07. The largest absolute Gasteiger partial charge is 0.355 e. The SMILES string of the molecule is Cc1[nH]ncc1C1CCN(c2nccn3nc(C(C)(C)C)cc23)CC1. The zero-order chi connectivity index (χ0) is 17.6. The summed E-state index contributed by atoms with van der Waals surface area (Å²) in [5, 5.41) is 12.0. The van der Waals surface area contributed by atoms with E-state index in [-0.39, 0.29) is 5.41 Å². The van der Waals surface area contributed by atoms with Crippen molar-refractivity contribution < 1.29 is 0 Å². The number of aromatic amines is 1. The summed E-state index contributed by atoms with van der Waals surface area (Å²) in [5.74, 6) is 1.64. The number of fused-ring (bicyclic) bond motifs is 1. The molecule has 0 amide bonds. The molecule has 0 radical (unpaired) electrons. The lowest BCUT2D eigenvalue weighted by atomic mass is 9.90. The molecule has 132 valence electrons. The molecule has 25 heavy (non-hydrogen) atoms. The Hall–Kier alpha value is -2.37. The van der Waals surface area contributed by atoms with Crippen molar-refractivity contribution in [3.8, 4) is 0 Å². The van der Waals surface area contributed by atoms with Crippen LogP contribution in [-0.4, -0.2) is 37.9 Å². The van der Waals surface area contributed by atoms with Gasteiger partial charge in [0.05, 0.1) is 11.9 Å². The van der Waals surface area contributed by atoms with Crippen LogP contribution in [0.1, 0.15) is 56.5 Å². The van der Waals surface area contributed by atoms with Gasteiger partial charge in [0, 0.05) is 36.6 Å². The van der Waals surface area contributed by atoms with Crippen molar-refractivity contribution in [3.05, 3.63) is 41.6 Å². The average molecular weight is 338 g/mol. The van der Waals surface area contributed by atoms with Gasteiger partial charge >= 0.3 is 0 Å². The van der Waals surface area contributed by atoms with Crippen LogP contribution < -0.4 is 4.90 Å². The molecular weight excluding hydrogens is 312 g/mol. The van der Waals surface area contributed by atoms with Gasteiger partial charge in [0.25, 0.3) is 0 Å². The topological polar surface area (TPSA) is 62.1 Å². The lowest BCUT2D eigenvalue weighted by Gasteiger charge is -2.33. The minimum absolute atomic E-state index is 0.0368. The number of nitrogens with zero attached hydrogens (tertiary/aromatic N) is 5. The number of hydrogen-bond acceptors (Lipinski definition) is 4. The second kappa shape index (κ2) is 5.86. The molecule has 1 saturated heterocycles. The van der Waals surface area contributed by atoms with Crippen molar-refractivity contribution in [2.45, 2.75) is 51.9 Å². The Labute approximate surface area is 148 Å². The van der Waals surface area contributed by atoms with E-state index < -0.39 is 0 Å². The first-order valence-electron chi connectivity index (χ1n) is 9.03. The summed E-state index contributed by atoms with van der Waals surface area (Å²) < 4.78 is 1.97. The molecule has 1 aliphatic rings. The number of hydrogen-bond donors (Lipinski definition) is 1. The number of anilines is 1. The third-order valence-corrected chi connectivity index (χ3v) is 5.24. The number of H-pyrrole nitrogens is 1. The molecule has 4 rings (SSSR count). The van der Waals surface area contributed by atoms with E-state index in [2.05, 4.69) is 53.8 Å². The first-order chi connectivity index (χ1) is 11.9. The Kier molecular flexibility index (Phi) is 3.78. The molecule has 4 heterocycles. The summed E-state index contributed by atoms with van der Waals surface area (Å²) in [6, 6.07) is 2.19. The fraction of sp³-hybridized carbons (Fsp3) is 0.526. The summed E-state index contributed by atoms with van der Waals surface area (Å²) in [7, 11) is 0. The molecule has 1 N–H and O–H groups in total. The second-order valence-electron chi connectivity index (χ2n) is 8.07. The maximum absolute atomic E-state index is 4.74. The smallest absolute Gasteiger partial charge is 0.154 e. The Morgan fingerprint density at radius 1 is 1.20 bits per heavy atom. The zero-order valence-electron chi connectivity index (χ0n) is 15.5. The van der Waals surface area contributed by atoms with Crippen LogP contribution in [0, 0.1) is 6.92 Å². The standard InChI is InChI=1S/C19H26N6/c1-13-15(12-21-22-13)14-5-8-24(9-6-14)18-16-11-17(19(2,3)4)23-25(16)10-7-20-18/h7,10-12,14H,5-6,8-9H2,1-4H3,(H,21,22). The van der Waals surface area contributed by atoms with Crippen LogP contribution in [0.4, 0.5) is 5.82 Å². The van der Waals surface area contributed by atoms with E-state index in [4.69, 9.17) is 5.10 Å². The normalized spacial score (nSPS) is 16.7. The van der Waals surface area contributed by atoms with E-state index in [0.717, 1.165) is 43.0 Å². The molecule has 1 aliphatic heterocycles. The number of nitrogens with one attached hydrogen (secondary N) is 1. The maximum Gasteiger partial charge on any atom is 0.154 e. The molecule has 0 saturated carbocycles. The van der Waals surface area contributed by atoms with Crippen LogP contribution in [0.3, 0.4) is 0 Å². The number of piperidine rings is 1. The first kappa shape index (κ1) is 16.1. The molecule has 1 fully saturated rings. The minimum Gasteiger partial charge on any atom is -0.355 e. The van der Waals surface area contributed by atoms with Gasteiger partial charge in [0.2, 0.25) is 0 Å². The van der Waals surface area contributed by atoms with Crippen LogP contribution in [0.25, 0.3) is 5.52 Å². The molecular formula is C19H26N6. The van der Waals surface area contributed by atoms with E-state index in [9.17, 15) is 0 Å². The Bertz CT molecular complexity index is 877. The highest BCUT2D eigenvalue weighted by Gasteiger charge is 2.26. The zero-order valence-corrected chi connectivity index (χ0v) is 15.5. The summed E-state index contributed by atoms with van der Waals surface area (Å²) in [6.07, 6.45) is 8.04. The molecule has 0 spiro atoms. The molecule has 6 heteroatoms. The third-order valence-electron chi connectivity index (χ3n) is 5.24. The fourth-order valence-corrected chi connectivity index (χ4v) is 3.69. The van der Waals surface area contributed by atoms with Gasteiger partial charge in [-0.3, -0.25) is 5.10 Å². The molecule has 0 bridgehead atoms. The van der Waals surface area contributed by atoms with Gasteiger partial charge in [0.1, 0.15) is 5.52 Å². The van der Waals surface area contributed by atoms with Crippen molar-refractivity contribution >= 4 is 11.3 Å². The maximum atomic E-state index is 4.74. The average Bonchev–Trinajstić information content (AvgIpc) is 3.20. The molecule has 0 unspecified atom stereocenters. The van der Waals surface area contributed by atoms with Crippen LogP contribution in [0.15, 0.2) is 24.7 Å². The van der Waals surface area contributed by atoms with Crippen molar-refractivity contribution in [2.24, 2.45) is 0 Å². The Morgan fingerprint density at radius 3 is 2.60 bits per heavy atom. The molecule has 0 aromatic carbocycles. The molecule has 0 atom stereocenters. The third kappa shape index (κ3) is 2.90. The predicted octanol–water partition coefficient (Wildman–Crippen LogP) is 3.44. The summed E-state index contributed by atoms with van der Waals surface area (Å²) in [4.78, 5) is 7.08. The van der Waals surface area contributed by atoms with Gasteiger partial charge in [0.15, 0.2) is 5.82 Å². The highest BCUT2D eigenvalue weighted by molar-refractivity contribution is 5.69. The van der Waals surface area contributed by atoms with Crippen LogP contribution in [-0.2, 0) is 5.41 Å². The van der Waals surface area contributed by atoms with E-state index in [1.165, 1.54) is 11.3 Å². The number of aromatic nitrogens is 5. The van der Waals surface area contributed by atoms with E-state index >= 15 is 0 Å². The van der Waals surface area contributed by atoms with Crippen LogP contribution >= 0.6 is 0 Å². The van der Waals surface area contributed by atoms with Crippen molar-refractivity contribution in [3.63, 3.8) is 0 Å². The van der Waals surface area contributed by atoms with Gasteiger partial charge < -0.3 is 4.90 Å². The quantitative estimate of drug-likeness (QED) is 0.777. The fourth-order valence-electron chi connectivity index (χ4n) is 3.69. The molecule has 3 aromatic rings. The molecule has 0 aliphatic carbocycles. The van der Waals surface area contributed by atoms with Crippen molar-refractivity contribution in [1.29, 1.82) is 0 Å². The Morgan fingerprint density at radius 2 is 1.96 bits per heavy atom.